The van der Waals surface area contributed by atoms with Gasteiger partial charge in [0.1, 0.15) is 0 Å². The lowest BCUT2D eigenvalue weighted by Crippen LogP contribution is -2.16. The third-order valence-corrected chi connectivity index (χ3v) is 6.00. The van der Waals surface area contributed by atoms with Crippen LogP contribution in [-0.2, 0) is 14.8 Å². The maximum atomic E-state index is 12.7. The Labute approximate surface area is 181 Å². The van der Waals surface area contributed by atoms with Gasteiger partial charge in [-0.05, 0) is 61.9 Å². The SMILES string of the molecule is COC(=O)c1cccc(NC(=O)c2ccc(C)c(NS(=O)(=O)c3ccc(C)cc3)c2)c1. The van der Waals surface area contributed by atoms with Crippen LogP contribution in [0, 0.1) is 13.8 Å². The second kappa shape index (κ2) is 9.01. The summed E-state index contributed by atoms with van der Waals surface area (Å²) in [5.41, 5.74) is 2.89. The minimum atomic E-state index is -3.81. The summed E-state index contributed by atoms with van der Waals surface area (Å²) in [6.45, 7) is 3.62. The summed E-state index contributed by atoms with van der Waals surface area (Å²) in [6, 6.07) is 17.5. The molecule has 3 aromatic rings. The Bertz CT molecular complexity index is 1240. The monoisotopic (exact) mass is 438 g/mol. The number of hydrogen-bond donors (Lipinski definition) is 2. The summed E-state index contributed by atoms with van der Waals surface area (Å²) in [6.07, 6.45) is 0. The lowest BCUT2D eigenvalue weighted by atomic mass is 10.1. The Morgan fingerprint density at radius 2 is 1.58 bits per heavy atom. The molecule has 160 valence electrons. The number of anilines is 2. The average Bonchev–Trinajstić information content (AvgIpc) is 2.75. The van der Waals surface area contributed by atoms with E-state index in [1.807, 2.05) is 6.92 Å². The first-order valence-electron chi connectivity index (χ1n) is 9.39. The molecule has 0 radical (unpaired) electrons. The number of carbonyl (C=O) groups excluding carboxylic acids is 2. The quantitative estimate of drug-likeness (QED) is 0.563. The molecule has 8 heteroatoms. The van der Waals surface area contributed by atoms with E-state index < -0.39 is 21.9 Å². The zero-order valence-corrected chi connectivity index (χ0v) is 18.1. The van der Waals surface area contributed by atoms with Gasteiger partial charge in [0.05, 0.1) is 23.3 Å². The van der Waals surface area contributed by atoms with Crippen molar-refractivity contribution in [1.82, 2.24) is 0 Å². The predicted octanol–water partition coefficient (Wildman–Crippen LogP) is 4.14. The van der Waals surface area contributed by atoms with Crippen molar-refractivity contribution in [3.05, 3.63) is 89.0 Å². The lowest BCUT2D eigenvalue weighted by Gasteiger charge is -2.13. The molecule has 0 aliphatic carbocycles. The lowest BCUT2D eigenvalue weighted by molar-refractivity contribution is 0.0600. The van der Waals surface area contributed by atoms with E-state index >= 15 is 0 Å². The normalized spacial score (nSPS) is 10.9. The van der Waals surface area contributed by atoms with Crippen LogP contribution in [0.25, 0.3) is 0 Å². The van der Waals surface area contributed by atoms with Crippen LogP contribution < -0.4 is 10.0 Å². The van der Waals surface area contributed by atoms with Crippen molar-refractivity contribution in [2.45, 2.75) is 18.7 Å². The zero-order valence-electron chi connectivity index (χ0n) is 17.3. The number of esters is 1. The van der Waals surface area contributed by atoms with Crippen LogP contribution in [0.3, 0.4) is 0 Å². The Hall–Kier alpha value is -3.65. The highest BCUT2D eigenvalue weighted by Gasteiger charge is 2.17. The Kier molecular flexibility index (Phi) is 6.41. The number of hydrogen-bond acceptors (Lipinski definition) is 5. The van der Waals surface area contributed by atoms with Gasteiger partial charge in [-0.3, -0.25) is 9.52 Å². The topological polar surface area (TPSA) is 102 Å². The average molecular weight is 439 g/mol. The van der Waals surface area contributed by atoms with Crippen LogP contribution in [0.1, 0.15) is 31.8 Å². The van der Waals surface area contributed by atoms with E-state index in [1.165, 1.54) is 31.4 Å². The smallest absolute Gasteiger partial charge is 0.337 e. The van der Waals surface area contributed by atoms with Gasteiger partial charge in [0.15, 0.2) is 0 Å². The van der Waals surface area contributed by atoms with Crippen LogP contribution in [0.5, 0.6) is 0 Å². The number of amides is 1. The number of aryl methyl sites for hydroxylation is 2. The van der Waals surface area contributed by atoms with Gasteiger partial charge in [0.2, 0.25) is 0 Å². The van der Waals surface area contributed by atoms with Crippen LogP contribution in [0.15, 0.2) is 71.6 Å². The van der Waals surface area contributed by atoms with E-state index in [9.17, 15) is 18.0 Å². The molecule has 0 saturated carbocycles. The standard InChI is InChI=1S/C23H22N2O5S/c1-15-7-11-20(12-8-15)31(28,29)25-21-14-17(10-9-16(21)2)22(26)24-19-6-4-5-18(13-19)23(27)30-3/h4-14,25H,1-3H3,(H,24,26). The van der Waals surface area contributed by atoms with E-state index in [2.05, 4.69) is 14.8 Å². The number of methoxy groups -OCH3 is 1. The molecular weight excluding hydrogens is 416 g/mol. The molecule has 2 N–H and O–H groups in total. The van der Waals surface area contributed by atoms with E-state index in [0.717, 1.165) is 5.56 Å². The Balaban J connectivity index is 1.83. The third kappa shape index (κ3) is 5.29. The van der Waals surface area contributed by atoms with Gasteiger partial charge in [-0.2, -0.15) is 0 Å². The fourth-order valence-corrected chi connectivity index (χ4v) is 3.96. The first kappa shape index (κ1) is 22.0. The van der Waals surface area contributed by atoms with Crippen molar-refractivity contribution >= 4 is 33.3 Å². The fraction of sp³-hybridized carbons (Fsp3) is 0.130. The second-order valence-corrected chi connectivity index (χ2v) is 8.66. The molecule has 0 spiro atoms. The fourth-order valence-electron chi connectivity index (χ4n) is 2.84. The van der Waals surface area contributed by atoms with Gasteiger partial charge in [-0.25, -0.2) is 13.2 Å². The highest BCUT2D eigenvalue weighted by Crippen LogP contribution is 2.22. The molecule has 0 aliphatic heterocycles. The maximum Gasteiger partial charge on any atom is 0.337 e. The molecule has 0 saturated heterocycles. The third-order valence-electron chi connectivity index (χ3n) is 4.62. The van der Waals surface area contributed by atoms with Gasteiger partial charge in [0.25, 0.3) is 15.9 Å². The van der Waals surface area contributed by atoms with E-state index in [4.69, 9.17) is 0 Å². The number of rotatable bonds is 6. The van der Waals surface area contributed by atoms with E-state index in [-0.39, 0.29) is 10.5 Å². The zero-order chi connectivity index (χ0) is 22.6. The highest BCUT2D eigenvalue weighted by atomic mass is 32.2. The van der Waals surface area contributed by atoms with Crippen molar-refractivity contribution in [2.24, 2.45) is 0 Å². The van der Waals surface area contributed by atoms with Crippen molar-refractivity contribution in [3.63, 3.8) is 0 Å². The van der Waals surface area contributed by atoms with Crippen LogP contribution in [-0.4, -0.2) is 27.4 Å². The minimum absolute atomic E-state index is 0.131. The molecule has 3 aromatic carbocycles. The van der Waals surface area contributed by atoms with Crippen LogP contribution in [0.4, 0.5) is 11.4 Å². The summed E-state index contributed by atoms with van der Waals surface area (Å²) < 4.78 is 32.6. The molecule has 0 aromatic heterocycles. The van der Waals surface area contributed by atoms with Gasteiger partial charge in [0, 0.05) is 11.3 Å². The molecule has 0 unspecified atom stereocenters. The van der Waals surface area contributed by atoms with Crippen molar-refractivity contribution in [1.29, 1.82) is 0 Å². The summed E-state index contributed by atoms with van der Waals surface area (Å²) >= 11 is 0. The molecule has 0 heterocycles. The van der Waals surface area contributed by atoms with Crippen LogP contribution >= 0.6 is 0 Å². The summed E-state index contributed by atoms with van der Waals surface area (Å²) in [5, 5.41) is 2.70. The van der Waals surface area contributed by atoms with E-state index in [0.29, 0.717) is 22.5 Å². The molecule has 31 heavy (non-hydrogen) atoms. The number of benzene rings is 3. The second-order valence-electron chi connectivity index (χ2n) is 6.97. The number of carbonyl (C=O) groups is 2. The van der Waals surface area contributed by atoms with Gasteiger partial charge in [-0.1, -0.05) is 29.8 Å². The van der Waals surface area contributed by atoms with E-state index in [1.54, 1.807) is 49.4 Å². The predicted molar refractivity (Wildman–Crippen MR) is 119 cm³/mol. The molecule has 0 fully saturated rings. The Morgan fingerprint density at radius 1 is 0.871 bits per heavy atom. The first-order chi connectivity index (χ1) is 14.7. The minimum Gasteiger partial charge on any atom is -0.465 e. The first-order valence-corrected chi connectivity index (χ1v) is 10.9. The molecule has 0 bridgehead atoms. The molecular formula is C23H22N2O5S. The molecule has 1 amide bonds. The molecule has 0 aliphatic rings. The van der Waals surface area contributed by atoms with Gasteiger partial charge in [-0.15, -0.1) is 0 Å². The highest BCUT2D eigenvalue weighted by molar-refractivity contribution is 7.92. The molecule has 0 atom stereocenters. The van der Waals surface area contributed by atoms with Crippen molar-refractivity contribution in [2.75, 3.05) is 17.1 Å². The Morgan fingerprint density at radius 3 is 2.26 bits per heavy atom. The number of sulfonamides is 1. The van der Waals surface area contributed by atoms with Gasteiger partial charge >= 0.3 is 5.97 Å². The maximum absolute atomic E-state index is 12.7. The largest absolute Gasteiger partial charge is 0.465 e. The summed E-state index contributed by atoms with van der Waals surface area (Å²) in [5.74, 6) is -0.961. The van der Waals surface area contributed by atoms with Gasteiger partial charge < -0.3 is 10.1 Å². The molecule has 7 nitrogen and oxygen atoms in total. The number of nitrogens with one attached hydrogen (secondary N) is 2. The van der Waals surface area contributed by atoms with Crippen LogP contribution in [0.2, 0.25) is 0 Å². The van der Waals surface area contributed by atoms with Crippen molar-refractivity contribution in [3.8, 4) is 0 Å². The summed E-state index contributed by atoms with van der Waals surface area (Å²) in [4.78, 5) is 24.5. The molecule has 3 rings (SSSR count). The van der Waals surface area contributed by atoms with Crippen molar-refractivity contribution < 1.29 is 22.7 Å². The number of ether oxygens (including phenoxy) is 1. The summed E-state index contributed by atoms with van der Waals surface area (Å²) in [7, 11) is -2.53.